The maximum Gasteiger partial charge on any atom is 0.424 e. The van der Waals surface area contributed by atoms with E-state index >= 15 is 0 Å². The molecule has 0 aromatic heterocycles. The Kier molecular flexibility index (Phi) is 19.9. The third kappa shape index (κ3) is 14.3. The van der Waals surface area contributed by atoms with Crippen LogP contribution in [0.2, 0.25) is 0 Å². The number of esters is 4. The van der Waals surface area contributed by atoms with Gasteiger partial charge in [-0.2, -0.15) is 0 Å². The van der Waals surface area contributed by atoms with Crippen molar-refractivity contribution in [2.75, 3.05) is 0 Å². The first-order valence-corrected chi connectivity index (χ1v) is 4.20. The molecule has 10 nitrogen and oxygen atoms in total. The summed E-state index contributed by atoms with van der Waals surface area (Å²) in [4.78, 5) is 62.2. The van der Waals surface area contributed by atoms with E-state index in [4.69, 9.17) is 10.2 Å². The minimum atomic E-state index is -1.99. The van der Waals surface area contributed by atoms with Crippen LogP contribution in [0.5, 0.6) is 0 Å². The van der Waals surface area contributed by atoms with Gasteiger partial charge < -0.3 is 19.7 Å². The largest absolute Gasteiger partial charge is 0.473 e. The van der Waals surface area contributed by atoms with Crippen LogP contribution in [0.25, 0.3) is 0 Å². The Morgan fingerprint density at radius 2 is 0.857 bits per heavy atom. The number of hydrogen-bond acceptors (Lipinski definition) is 8. The third-order valence-electron chi connectivity index (χ3n) is 1.30. The smallest absolute Gasteiger partial charge is 0.424 e. The van der Waals surface area contributed by atoms with E-state index in [-0.39, 0.29) is 71.7 Å². The zero-order valence-electron chi connectivity index (χ0n) is 10.1. The summed E-state index contributed by atoms with van der Waals surface area (Å²) in [6.45, 7) is 0. The SMILES string of the molecule is O=C(CCC(=O)OC(=O)C(=O)O)OC(=O)C(=O)O.[Sn].[Sn].[Sn]. The van der Waals surface area contributed by atoms with Gasteiger partial charge in [0.15, 0.2) is 0 Å². The summed E-state index contributed by atoms with van der Waals surface area (Å²) in [5.41, 5.74) is 0. The van der Waals surface area contributed by atoms with Crippen LogP contribution in [0.1, 0.15) is 12.8 Å². The fourth-order valence-electron chi connectivity index (χ4n) is 0.600. The molecule has 0 aliphatic heterocycles. The molecule has 2 N–H and O–H groups in total. The van der Waals surface area contributed by atoms with Gasteiger partial charge in [0, 0.05) is 71.7 Å². The van der Waals surface area contributed by atoms with Crippen LogP contribution in [-0.2, 0) is 38.2 Å². The fourth-order valence-corrected chi connectivity index (χ4v) is 0.600. The molecule has 0 bridgehead atoms. The minimum Gasteiger partial charge on any atom is -0.473 e. The predicted molar refractivity (Wildman–Crippen MR) is 64.0 cm³/mol. The number of carbonyl (C=O) groups is 6. The second-order valence-corrected chi connectivity index (χ2v) is 2.63. The maximum atomic E-state index is 10.8. The first kappa shape index (κ1) is 28.7. The Morgan fingerprint density at radius 1 is 0.619 bits per heavy atom. The number of hydrogen-bond donors (Lipinski definition) is 2. The second kappa shape index (κ2) is 14.5. The first-order chi connectivity index (χ1) is 8.23. The fraction of sp³-hybridized carbons (Fsp3) is 0.250. The number of aliphatic carboxylic acids is 2. The minimum absolute atomic E-state index is 0. The van der Waals surface area contributed by atoms with E-state index in [2.05, 4.69) is 9.47 Å². The normalized spacial score (nSPS) is 7.81. The second-order valence-electron chi connectivity index (χ2n) is 2.63. The van der Waals surface area contributed by atoms with Crippen LogP contribution in [0, 0.1) is 0 Å². The Balaban J connectivity index is -0.000000482. The van der Waals surface area contributed by atoms with Crippen LogP contribution in [0.4, 0.5) is 0 Å². The quantitative estimate of drug-likeness (QED) is 0.144. The number of carboxylic acids is 2. The molecule has 0 saturated heterocycles. The standard InChI is InChI=1S/C8H6O10.3Sn/c9-3(17-7(15)5(11)12)1-2-4(10)18-8(16)6(13)14;;;/h1-2H2,(H,11,12)(H,13,14);;;. The van der Waals surface area contributed by atoms with E-state index in [1.165, 1.54) is 0 Å². The van der Waals surface area contributed by atoms with Crippen molar-refractivity contribution in [3.05, 3.63) is 0 Å². The summed E-state index contributed by atoms with van der Waals surface area (Å²) in [5.74, 6) is -10.3. The Labute approximate surface area is 167 Å². The molecule has 0 unspecified atom stereocenters. The van der Waals surface area contributed by atoms with Crippen molar-refractivity contribution in [1.29, 1.82) is 0 Å². The van der Waals surface area contributed by atoms with Crippen molar-refractivity contribution in [2.45, 2.75) is 12.8 Å². The summed E-state index contributed by atoms with van der Waals surface area (Å²) < 4.78 is 7.46. The molecule has 110 valence electrons. The van der Waals surface area contributed by atoms with E-state index in [1.54, 1.807) is 0 Å². The average Bonchev–Trinajstić information content (AvgIpc) is 2.25. The maximum absolute atomic E-state index is 10.8. The molecule has 0 aliphatic carbocycles. The van der Waals surface area contributed by atoms with Crippen LogP contribution >= 0.6 is 0 Å². The van der Waals surface area contributed by atoms with E-state index in [0.29, 0.717) is 0 Å². The molecule has 0 aromatic carbocycles. The van der Waals surface area contributed by atoms with Gasteiger partial charge in [-0.3, -0.25) is 9.59 Å². The molecule has 0 fully saturated rings. The molecule has 0 aromatic rings. The van der Waals surface area contributed by atoms with Gasteiger partial charge in [-0.15, -0.1) is 0 Å². The van der Waals surface area contributed by atoms with Crippen molar-refractivity contribution in [2.24, 2.45) is 0 Å². The van der Waals surface area contributed by atoms with Gasteiger partial charge in [0.05, 0.1) is 12.8 Å². The molecule has 0 spiro atoms. The van der Waals surface area contributed by atoms with Crippen LogP contribution in [0.15, 0.2) is 0 Å². The Bertz CT molecular complexity index is 392. The van der Waals surface area contributed by atoms with Crippen molar-refractivity contribution >= 4 is 108 Å². The van der Waals surface area contributed by atoms with Gasteiger partial charge in [-0.25, -0.2) is 19.2 Å². The molecule has 0 rings (SSSR count). The number of carbonyl (C=O) groups excluding carboxylic acids is 4. The zero-order chi connectivity index (χ0) is 14.3. The Hall–Kier alpha value is -0.384. The monoisotopic (exact) mass is 622 g/mol. The molecule has 21 heavy (non-hydrogen) atoms. The van der Waals surface area contributed by atoms with Gasteiger partial charge in [0.1, 0.15) is 0 Å². The van der Waals surface area contributed by atoms with Gasteiger partial charge in [-0.05, 0) is 0 Å². The van der Waals surface area contributed by atoms with Gasteiger partial charge in [-0.1, -0.05) is 0 Å². The van der Waals surface area contributed by atoms with Crippen molar-refractivity contribution < 1.29 is 48.5 Å². The molecule has 0 atom stereocenters. The molecule has 0 amide bonds. The number of rotatable bonds is 3. The number of ether oxygens (including phenoxy) is 2. The van der Waals surface area contributed by atoms with Crippen molar-refractivity contribution in [3.63, 3.8) is 0 Å². The number of carboxylic acid groups (broad SMARTS) is 2. The molecule has 13 heteroatoms. The zero-order valence-corrected chi connectivity index (χ0v) is 18.6. The summed E-state index contributed by atoms with van der Waals surface area (Å²) in [5, 5.41) is 16.1. The molecule has 12 radical (unpaired) electrons. The van der Waals surface area contributed by atoms with Crippen molar-refractivity contribution in [3.8, 4) is 0 Å². The van der Waals surface area contributed by atoms with Gasteiger partial charge in [0.25, 0.3) is 0 Å². The molecule has 0 aliphatic rings. The average molecular weight is 618 g/mol. The van der Waals surface area contributed by atoms with E-state index in [1.807, 2.05) is 0 Å². The molecule has 0 heterocycles. The molecular formula is C8H6O10Sn3. The van der Waals surface area contributed by atoms with E-state index < -0.39 is 48.7 Å². The first-order valence-electron chi connectivity index (χ1n) is 4.20. The molecular weight excluding hydrogens is 612 g/mol. The summed E-state index contributed by atoms with van der Waals surface area (Å²) in [6, 6.07) is 0. The van der Waals surface area contributed by atoms with Crippen LogP contribution in [-0.4, -0.2) is 118 Å². The van der Waals surface area contributed by atoms with Crippen LogP contribution < -0.4 is 0 Å². The van der Waals surface area contributed by atoms with Crippen LogP contribution in [0.3, 0.4) is 0 Å². The summed E-state index contributed by atoms with van der Waals surface area (Å²) in [7, 11) is 0. The topological polar surface area (TPSA) is 161 Å². The van der Waals surface area contributed by atoms with Gasteiger partial charge >= 0.3 is 35.8 Å². The van der Waals surface area contributed by atoms with E-state index in [9.17, 15) is 28.8 Å². The third-order valence-corrected chi connectivity index (χ3v) is 1.30. The van der Waals surface area contributed by atoms with Crippen molar-refractivity contribution in [1.82, 2.24) is 0 Å². The summed E-state index contributed by atoms with van der Waals surface area (Å²) in [6.07, 6.45) is -1.49. The summed E-state index contributed by atoms with van der Waals surface area (Å²) >= 11 is 0. The predicted octanol–water partition coefficient (Wildman–Crippen LogP) is -3.07. The van der Waals surface area contributed by atoms with Gasteiger partial charge in [0.2, 0.25) is 0 Å². The van der Waals surface area contributed by atoms with E-state index in [0.717, 1.165) is 0 Å². The molecule has 0 saturated carbocycles. The Morgan fingerprint density at radius 3 is 1.05 bits per heavy atom.